The number of benzene rings is 2. The molecule has 0 aliphatic heterocycles. The number of hydrogen-bond acceptors (Lipinski definition) is 4. The zero-order valence-corrected chi connectivity index (χ0v) is 13.2. The highest BCUT2D eigenvalue weighted by Gasteiger charge is 2.19. The smallest absolute Gasteiger partial charge is 0.328 e. The highest BCUT2D eigenvalue weighted by molar-refractivity contribution is 5.94. The average Bonchev–Trinajstić information content (AvgIpc) is 3.14. The third-order valence-electron chi connectivity index (χ3n) is 3.70. The molecular formula is C19H17NO4. The average molecular weight is 323 g/mol. The van der Waals surface area contributed by atoms with Gasteiger partial charge in [-0.25, -0.2) is 4.79 Å². The van der Waals surface area contributed by atoms with E-state index in [1.165, 1.54) is 12.3 Å². The van der Waals surface area contributed by atoms with Gasteiger partial charge in [-0.1, -0.05) is 42.5 Å². The predicted molar refractivity (Wildman–Crippen MR) is 89.4 cm³/mol. The maximum absolute atomic E-state index is 12.1. The molecule has 0 unspecified atom stereocenters. The molecule has 0 saturated heterocycles. The molecule has 0 radical (unpaired) electrons. The van der Waals surface area contributed by atoms with Crippen LogP contribution >= 0.6 is 0 Å². The fourth-order valence-corrected chi connectivity index (χ4v) is 2.43. The molecule has 1 atom stereocenters. The Balaban J connectivity index is 1.61. The molecule has 1 aromatic heterocycles. The van der Waals surface area contributed by atoms with Crippen molar-refractivity contribution >= 4 is 22.6 Å². The van der Waals surface area contributed by atoms with E-state index in [1.807, 2.05) is 42.5 Å². The number of amides is 1. The van der Waals surface area contributed by atoms with Crippen molar-refractivity contribution in [3.05, 3.63) is 72.2 Å². The number of furan rings is 1. The van der Waals surface area contributed by atoms with Crippen molar-refractivity contribution in [3.8, 4) is 0 Å². The second kappa shape index (κ2) is 7.00. The third kappa shape index (κ3) is 3.46. The Morgan fingerprint density at radius 3 is 2.67 bits per heavy atom. The molecule has 3 rings (SSSR count). The van der Waals surface area contributed by atoms with Gasteiger partial charge in [0.05, 0.1) is 6.26 Å². The minimum Gasteiger partial charge on any atom is -0.459 e. The molecule has 0 aliphatic carbocycles. The minimum atomic E-state index is -0.766. The first-order valence-electron chi connectivity index (χ1n) is 7.63. The van der Waals surface area contributed by atoms with Crippen molar-refractivity contribution in [2.75, 3.05) is 0 Å². The number of esters is 1. The lowest BCUT2D eigenvalue weighted by molar-refractivity contribution is -0.146. The summed E-state index contributed by atoms with van der Waals surface area (Å²) in [4.78, 5) is 23.9. The molecule has 0 saturated carbocycles. The van der Waals surface area contributed by atoms with Crippen LogP contribution in [0.15, 0.2) is 65.3 Å². The molecule has 1 amide bonds. The normalized spacial score (nSPS) is 11.9. The van der Waals surface area contributed by atoms with Crippen LogP contribution in [-0.2, 0) is 16.1 Å². The summed E-state index contributed by atoms with van der Waals surface area (Å²) in [5, 5.41) is 4.68. The van der Waals surface area contributed by atoms with E-state index < -0.39 is 17.9 Å². The number of ether oxygens (including phenoxy) is 1. The first-order valence-corrected chi connectivity index (χ1v) is 7.63. The number of carbonyl (C=O) groups is 2. The second-order valence-corrected chi connectivity index (χ2v) is 5.42. The molecule has 1 N–H and O–H groups in total. The van der Waals surface area contributed by atoms with E-state index >= 15 is 0 Å². The van der Waals surface area contributed by atoms with Crippen LogP contribution < -0.4 is 5.32 Å². The van der Waals surface area contributed by atoms with Gasteiger partial charge in [-0.3, -0.25) is 4.79 Å². The van der Waals surface area contributed by atoms with E-state index in [2.05, 4.69) is 5.32 Å². The molecule has 3 aromatic rings. The lowest BCUT2D eigenvalue weighted by Gasteiger charge is -2.13. The van der Waals surface area contributed by atoms with Gasteiger partial charge in [0.25, 0.3) is 5.91 Å². The van der Waals surface area contributed by atoms with E-state index in [1.54, 1.807) is 13.0 Å². The third-order valence-corrected chi connectivity index (χ3v) is 3.70. The minimum absolute atomic E-state index is 0.154. The van der Waals surface area contributed by atoms with Crippen LogP contribution in [0.3, 0.4) is 0 Å². The summed E-state index contributed by atoms with van der Waals surface area (Å²) < 4.78 is 10.3. The highest BCUT2D eigenvalue weighted by Crippen LogP contribution is 2.19. The summed E-state index contributed by atoms with van der Waals surface area (Å²) >= 11 is 0. The van der Waals surface area contributed by atoms with Gasteiger partial charge in [-0.05, 0) is 35.4 Å². The fourth-order valence-electron chi connectivity index (χ4n) is 2.43. The Morgan fingerprint density at radius 2 is 1.88 bits per heavy atom. The quantitative estimate of drug-likeness (QED) is 0.732. The SMILES string of the molecule is C[C@@H](NC(=O)c1ccco1)C(=O)OCc1cccc2ccccc12. The van der Waals surface area contributed by atoms with Crippen molar-refractivity contribution in [2.45, 2.75) is 19.6 Å². The van der Waals surface area contributed by atoms with E-state index in [9.17, 15) is 9.59 Å². The summed E-state index contributed by atoms with van der Waals surface area (Å²) in [6.07, 6.45) is 1.40. The highest BCUT2D eigenvalue weighted by atomic mass is 16.5. The van der Waals surface area contributed by atoms with Gasteiger partial charge < -0.3 is 14.5 Å². The van der Waals surface area contributed by atoms with Crippen LogP contribution in [0.4, 0.5) is 0 Å². The molecule has 5 nitrogen and oxygen atoms in total. The van der Waals surface area contributed by atoms with Crippen LogP contribution in [0.2, 0.25) is 0 Å². The second-order valence-electron chi connectivity index (χ2n) is 5.42. The summed E-state index contributed by atoms with van der Waals surface area (Å²) in [5.74, 6) is -0.791. The summed E-state index contributed by atoms with van der Waals surface area (Å²) in [5.41, 5.74) is 0.922. The maximum atomic E-state index is 12.1. The van der Waals surface area contributed by atoms with Crippen LogP contribution in [0, 0.1) is 0 Å². The van der Waals surface area contributed by atoms with Crippen LogP contribution in [0.1, 0.15) is 23.0 Å². The zero-order chi connectivity index (χ0) is 16.9. The monoisotopic (exact) mass is 323 g/mol. The number of carbonyl (C=O) groups excluding carboxylic acids is 2. The van der Waals surface area contributed by atoms with Gasteiger partial charge >= 0.3 is 5.97 Å². The lowest BCUT2D eigenvalue weighted by atomic mass is 10.1. The van der Waals surface area contributed by atoms with E-state index in [0.717, 1.165) is 16.3 Å². The van der Waals surface area contributed by atoms with Gasteiger partial charge in [0.1, 0.15) is 12.6 Å². The van der Waals surface area contributed by atoms with Crippen molar-refractivity contribution in [1.82, 2.24) is 5.32 Å². The summed E-state index contributed by atoms with van der Waals surface area (Å²) in [6, 6.07) is 16.1. The first-order chi connectivity index (χ1) is 11.6. The van der Waals surface area contributed by atoms with E-state index in [0.29, 0.717) is 0 Å². The van der Waals surface area contributed by atoms with Gasteiger partial charge in [0, 0.05) is 0 Å². The van der Waals surface area contributed by atoms with Crippen LogP contribution in [0.5, 0.6) is 0 Å². The van der Waals surface area contributed by atoms with Gasteiger partial charge in [-0.2, -0.15) is 0 Å². The largest absolute Gasteiger partial charge is 0.459 e. The molecule has 0 aliphatic rings. The maximum Gasteiger partial charge on any atom is 0.328 e. The molecule has 0 fully saturated rings. The van der Waals surface area contributed by atoms with Crippen molar-refractivity contribution in [3.63, 3.8) is 0 Å². The Kier molecular flexibility index (Phi) is 4.61. The van der Waals surface area contributed by atoms with Crippen molar-refractivity contribution in [2.24, 2.45) is 0 Å². The Labute approximate surface area is 139 Å². The standard InChI is InChI=1S/C19H17NO4/c1-13(20-18(21)17-10-5-11-23-17)19(22)24-12-15-8-4-7-14-6-2-3-9-16(14)15/h2-11,13H,12H2,1H3,(H,20,21)/t13-/m1/s1. The zero-order valence-electron chi connectivity index (χ0n) is 13.2. The van der Waals surface area contributed by atoms with Gasteiger partial charge in [-0.15, -0.1) is 0 Å². The van der Waals surface area contributed by atoms with E-state index in [4.69, 9.17) is 9.15 Å². The Morgan fingerprint density at radius 1 is 1.08 bits per heavy atom. The molecule has 24 heavy (non-hydrogen) atoms. The summed E-state index contributed by atoms with van der Waals surface area (Å²) in [7, 11) is 0. The molecular weight excluding hydrogens is 306 g/mol. The summed E-state index contributed by atoms with van der Waals surface area (Å²) in [6.45, 7) is 1.73. The number of fused-ring (bicyclic) bond motifs is 1. The molecule has 1 heterocycles. The van der Waals surface area contributed by atoms with Crippen LogP contribution in [0.25, 0.3) is 10.8 Å². The van der Waals surface area contributed by atoms with Gasteiger partial charge in [0.2, 0.25) is 0 Å². The van der Waals surface area contributed by atoms with Crippen molar-refractivity contribution in [1.29, 1.82) is 0 Å². The molecule has 5 heteroatoms. The Bertz CT molecular complexity index is 849. The lowest BCUT2D eigenvalue weighted by Crippen LogP contribution is -2.39. The first kappa shape index (κ1) is 15.8. The molecule has 0 bridgehead atoms. The number of hydrogen-bond donors (Lipinski definition) is 1. The number of nitrogens with one attached hydrogen (secondary N) is 1. The Hall–Kier alpha value is -3.08. The van der Waals surface area contributed by atoms with Crippen LogP contribution in [-0.4, -0.2) is 17.9 Å². The molecule has 0 spiro atoms. The fraction of sp³-hybridized carbons (Fsp3) is 0.158. The van der Waals surface area contributed by atoms with Crippen molar-refractivity contribution < 1.29 is 18.7 Å². The molecule has 2 aromatic carbocycles. The van der Waals surface area contributed by atoms with E-state index in [-0.39, 0.29) is 12.4 Å². The molecule has 122 valence electrons. The predicted octanol–water partition coefficient (Wildman–Crippen LogP) is 3.29. The topological polar surface area (TPSA) is 68.5 Å². The van der Waals surface area contributed by atoms with Gasteiger partial charge in [0.15, 0.2) is 5.76 Å². The number of rotatable bonds is 5.